The highest BCUT2D eigenvalue weighted by Gasteiger charge is 2.42. The molecule has 0 unspecified atom stereocenters. The van der Waals surface area contributed by atoms with Crippen LogP contribution in [0.25, 0.3) is 5.69 Å². The van der Waals surface area contributed by atoms with E-state index in [9.17, 15) is 26.3 Å². The van der Waals surface area contributed by atoms with Crippen molar-refractivity contribution in [2.24, 2.45) is 0 Å². The maximum absolute atomic E-state index is 13.8. The van der Waals surface area contributed by atoms with Crippen molar-refractivity contribution < 1.29 is 26.3 Å². The summed E-state index contributed by atoms with van der Waals surface area (Å²) >= 11 is 0. The number of hydrogen-bond acceptors (Lipinski definition) is 1. The summed E-state index contributed by atoms with van der Waals surface area (Å²) in [6.45, 7) is 0. The summed E-state index contributed by atoms with van der Waals surface area (Å²) in [4.78, 5) is 4.25. The maximum Gasteiger partial charge on any atom is 0.418 e. The predicted octanol–water partition coefficient (Wildman–Crippen LogP) is 5.67. The smallest absolute Gasteiger partial charge is 0.298 e. The molecule has 164 valence electrons. The van der Waals surface area contributed by atoms with E-state index in [1.807, 2.05) is 0 Å². The number of imidazole rings is 1. The average molecular weight is 464 g/mol. The molecule has 2 nitrogen and oxygen atoms in total. The fourth-order valence-electron chi connectivity index (χ4n) is 3.43. The highest BCUT2D eigenvalue weighted by molar-refractivity contribution is 7.79. The molecule has 9 heteroatoms. The van der Waals surface area contributed by atoms with Gasteiger partial charge in [-0.15, -0.1) is 0 Å². The molecule has 1 heterocycles. The number of para-hydroxylation sites is 1. The summed E-state index contributed by atoms with van der Waals surface area (Å²) in [5.41, 5.74) is -3.61. The number of hydrogen-bond donors (Lipinski definition) is 0. The van der Waals surface area contributed by atoms with Crippen LogP contribution < -0.4 is 16.2 Å². The SMILES string of the molecule is FC(F)(F)c1cccc(C(F)(F)F)c1-n1ccnc1P(c1ccccc1)c1ccccc1. The number of alkyl halides is 6. The minimum absolute atomic E-state index is 0.111. The van der Waals surface area contributed by atoms with Crippen LogP contribution in [0.3, 0.4) is 0 Å². The highest BCUT2D eigenvalue weighted by atomic mass is 31.1. The Morgan fingerprint density at radius 2 is 1.09 bits per heavy atom. The van der Waals surface area contributed by atoms with E-state index < -0.39 is 37.1 Å². The van der Waals surface area contributed by atoms with E-state index in [0.717, 1.165) is 27.4 Å². The first-order chi connectivity index (χ1) is 15.2. The second-order valence-electron chi connectivity index (χ2n) is 6.80. The van der Waals surface area contributed by atoms with Gasteiger partial charge in [-0.1, -0.05) is 66.7 Å². The Labute approximate surface area is 180 Å². The molecular weight excluding hydrogens is 449 g/mol. The number of rotatable bonds is 4. The van der Waals surface area contributed by atoms with Crippen LogP contribution in [0.4, 0.5) is 26.3 Å². The zero-order chi connectivity index (χ0) is 22.9. The van der Waals surface area contributed by atoms with Crippen molar-refractivity contribution in [2.45, 2.75) is 12.4 Å². The zero-order valence-corrected chi connectivity index (χ0v) is 17.2. The number of benzene rings is 3. The summed E-state index contributed by atoms with van der Waals surface area (Å²) in [7, 11) is -1.53. The Kier molecular flexibility index (Phi) is 5.82. The molecule has 0 N–H and O–H groups in total. The van der Waals surface area contributed by atoms with Gasteiger partial charge in [-0.25, -0.2) is 4.98 Å². The van der Waals surface area contributed by atoms with Gasteiger partial charge in [0.05, 0.1) is 16.8 Å². The number of nitrogens with zero attached hydrogens (tertiary/aromatic N) is 2. The second-order valence-corrected chi connectivity index (χ2v) is 8.90. The van der Waals surface area contributed by atoms with Crippen LogP contribution in [0.2, 0.25) is 0 Å². The molecule has 0 saturated carbocycles. The molecule has 0 spiro atoms. The zero-order valence-electron chi connectivity index (χ0n) is 16.3. The van der Waals surface area contributed by atoms with E-state index in [1.54, 1.807) is 60.7 Å². The Morgan fingerprint density at radius 3 is 1.53 bits per heavy atom. The fraction of sp³-hybridized carbons (Fsp3) is 0.0870. The molecule has 0 amide bonds. The lowest BCUT2D eigenvalue weighted by Gasteiger charge is -2.24. The van der Waals surface area contributed by atoms with Gasteiger partial charge < -0.3 is 0 Å². The number of aromatic nitrogens is 2. The minimum Gasteiger partial charge on any atom is -0.298 e. The van der Waals surface area contributed by atoms with Crippen molar-refractivity contribution in [1.82, 2.24) is 9.55 Å². The van der Waals surface area contributed by atoms with Crippen molar-refractivity contribution >= 4 is 24.1 Å². The molecule has 0 radical (unpaired) electrons. The molecule has 0 bridgehead atoms. The lowest BCUT2D eigenvalue weighted by Crippen LogP contribution is -2.29. The number of halogens is 6. The van der Waals surface area contributed by atoms with Gasteiger partial charge in [0.1, 0.15) is 5.57 Å². The van der Waals surface area contributed by atoms with Crippen LogP contribution in [0, 0.1) is 0 Å². The van der Waals surface area contributed by atoms with E-state index in [4.69, 9.17) is 0 Å². The van der Waals surface area contributed by atoms with Crippen LogP contribution in [0.5, 0.6) is 0 Å². The first-order valence-electron chi connectivity index (χ1n) is 9.39. The van der Waals surface area contributed by atoms with Crippen LogP contribution in [-0.4, -0.2) is 9.55 Å². The Bertz CT molecular complexity index is 1130. The molecule has 0 aliphatic rings. The lowest BCUT2D eigenvalue weighted by atomic mass is 10.1. The van der Waals surface area contributed by atoms with Crippen LogP contribution in [0.15, 0.2) is 91.3 Å². The maximum atomic E-state index is 13.8. The van der Waals surface area contributed by atoms with Crippen molar-refractivity contribution in [3.63, 3.8) is 0 Å². The molecular formula is C23H15F6N2P. The molecule has 0 atom stereocenters. The third-order valence-corrected chi connectivity index (χ3v) is 7.10. The topological polar surface area (TPSA) is 17.8 Å². The molecule has 4 aromatic rings. The monoisotopic (exact) mass is 464 g/mol. The first-order valence-corrected chi connectivity index (χ1v) is 10.7. The molecule has 4 rings (SSSR count). The van der Waals surface area contributed by atoms with Crippen molar-refractivity contribution in [3.8, 4) is 5.69 Å². The molecule has 0 fully saturated rings. The summed E-state index contributed by atoms with van der Waals surface area (Å²) in [5, 5.41) is 1.50. The minimum atomic E-state index is -4.99. The normalized spacial score (nSPS) is 12.3. The van der Waals surface area contributed by atoms with Gasteiger partial charge in [-0.3, -0.25) is 4.57 Å². The lowest BCUT2D eigenvalue weighted by molar-refractivity contribution is -0.142. The van der Waals surface area contributed by atoms with Crippen LogP contribution >= 0.6 is 7.92 Å². The van der Waals surface area contributed by atoms with E-state index >= 15 is 0 Å². The van der Waals surface area contributed by atoms with Gasteiger partial charge in [0.15, 0.2) is 0 Å². The van der Waals surface area contributed by atoms with Crippen molar-refractivity contribution in [1.29, 1.82) is 0 Å². The summed E-state index contributed by atoms with van der Waals surface area (Å²) in [6.07, 6.45) is -7.60. The molecule has 0 saturated heterocycles. The first kappa shape index (κ1) is 22.1. The molecule has 0 aliphatic carbocycles. The van der Waals surface area contributed by atoms with Gasteiger partial charge >= 0.3 is 12.4 Å². The molecule has 32 heavy (non-hydrogen) atoms. The van der Waals surface area contributed by atoms with Gasteiger partial charge in [0.2, 0.25) is 0 Å². The highest BCUT2D eigenvalue weighted by Crippen LogP contribution is 2.42. The largest absolute Gasteiger partial charge is 0.418 e. The molecule has 3 aromatic carbocycles. The van der Waals surface area contributed by atoms with Crippen molar-refractivity contribution in [2.75, 3.05) is 0 Å². The Morgan fingerprint density at radius 1 is 0.625 bits per heavy atom. The summed E-state index contributed by atoms with van der Waals surface area (Å²) in [6, 6.07) is 19.9. The quantitative estimate of drug-likeness (QED) is 0.281. The van der Waals surface area contributed by atoms with E-state index in [2.05, 4.69) is 4.98 Å². The fourth-order valence-corrected chi connectivity index (χ4v) is 5.70. The standard InChI is InChI=1S/C23H15F6N2P/c24-22(25,26)18-12-7-13-19(23(27,28)29)20(18)31-15-14-30-21(31)32(16-8-3-1-4-9-16)17-10-5-2-6-11-17/h1-15H. The van der Waals surface area contributed by atoms with Gasteiger partial charge in [-0.2, -0.15) is 26.3 Å². The van der Waals surface area contributed by atoms with Gasteiger partial charge in [0.25, 0.3) is 0 Å². The third kappa shape index (κ3) is 4.28. The Hall–Kier alpha value is -3.12. The average Bonchev–Trinajstić information content (AvgIpc) is 3.23. The summed E-state index contributed by atoms with van der Waals surface area (Å²) in [5.74, 6) is 0. The van der Waals surface area contributed by atoms with Crippen LogP contribution in [0.1, 0.15) is 11.1 Å². The Balaban J connectivity index is 2.02. The van der Waals surface area contributed by atoms with E-state index in [-0.39, 0.29) is 5.57 Å². The third-order valence-electron chi connectivity index (χ3n) is 4.74. The van der Waals surface area contributed by atoms with Crippen molar-refractivity contribution in [3.05, 3.63) is 102 Å². The van der Waals surface area contributed by atoms with Gasteiger partial charge in [-0.05, 0) is 22.7 Å². The summed E-state index contributed by atoms with van der Waals surface area (Å²) < 4.78 is 83.7. The van der Waals surface area contributed by atoms with Crippen LogP contribution in [-0.2, 0) is 12.4 Å². The van der Waals surface area contributed by atoms with Gasteiger partial charge in [0, 0.05) is 20.3 Å². The molecule has 1 aromatic heterocycles. The predicted molar refractivity (Wildman–Crippen MR) is 112 cm³/mol. The second kappa shape index (κ2) is 8.43. The molecule has 0 aliphatic heterocycles. The van der Waals surface area contributed by atoms with E-state index in [0.29, 0.717) is 12.1 Å². The van der Waals surface area contributed by atoms with E-state index in [1.165, 1.54) is 6.20 Å².